The smallest absolute Gasteiger partial charge is 0.157 e. The van der Waals surface area contributed by atoms with Crippen LogP contribution in [0.4, 0.5) is 23.0 Å². The van der Waals surface area contributed by atoms with Crippen LogP contribution in [0.2, 0.25) is 0 Å². The average Bonchev–Trinajstić information content (AvgIpc) is 2.86. The van der Waals surface area contributed by atoms with Crippen molar-refractivity contribution in [1.29, 1.82) is 0 Å². The van der Waals surface area contributed by atoms with Crippen molar-refractivity contribution in [2.75, 3.05) is 59.7 Å². The first-order valence-corrected chi connectivity index (χ1v) is 11.7. The lowest BCUT2D eigenvalue weighted by atomic mass is 9.90. The number of hydrogen-bond donors (Lipinski definition) is 1. The third-order valence-electron chi connectivity index (χ3n) is 6.82. The minimum absolute atomic E-state index is 0.724. The fourth-order valence-corrected chi connectivity index (χ4v) is 4.99. The number of nitrogens with two attached hydrogens (primary N) is 1. The van der Waals surface area contributed by atoms with Gasteiger partial charge >= 0.3 is 0 Å². The van der Waals surface area contributed by atoms with Gasteiger partial charge in [-0.05, 0) is 42.9 Å². The van der Waals surface area contributed by atoms with Crippen LogP contribution in [0.5, 0.6) is 0 Å². The molecule has 2 saturated heterocycles. The second kappa shape index (κ2) is 9.47. The summed E-state index contributed by atoms with van der Waals surface area (Å²) < 4.78 is 0. The van der Waals surface area contributed by atoms with E-state index >= 15 is 0 Å². The van der Waals surface area contributed by atoms with Crippen molar-refractivity contribution in [1.82, 2.24) is 9.97 Å². The number of nitrogen functional groups attached to an aromatic ring is 1. The van der Waals surface area contributed by atoms with Crippen LogP contribution in [0.25, 0.3) is 0 Å². The molecular weight excluding hydrogens is 396 g/mol. The third kappa shape index (κ3) is 4.49. The van der Waals surface area contributed by atoms with Gasteiger partial charge in [0, 0.05) is 45.0 Å². The Bertz CT molecular complexity index is 993. The molecule has 3 aromatic rings. The first kappa shape index (κ1) is 20.6. The van der Waals surface area contributed by atoms with Crippen LogP contribution in [0.15, 0.2) is 67.0 Å². The van der Waals surface area contributed by atoms with Gasteiger partial charge in [0.2, 0.25) is 0 Å². The van der Waals surface area contributed by atoms with E-state index in [1.807, 2.05) is 0 Å². The maximum Gasteiger partial charge on any atom is 0.157 e. The molecule has 0 saturated carbocycles. The number of rotatable bonds is 5. The Morgan fingerprint density at radius 1 is 0.688 bits per heavy atom. The summed E-state index contributed by atoms with van der Waals surface area (Å²) in [6.07, 6.45) is 5.18. The molecule has 2 N–H and O–H groups in total. The quantitative estimate of drug-likeness (QED) is 0.666. The van der Waals surface area contributed by atoms with E-state index in [4.69, 9.17) is 5.73 Å². The summed E-state index contributed by atoms with van der Waals surface area (Å²) in [5.41, 5.74) is 10.1. The van der Waals surface area contributed by atoms with E-state index in [2.05, 4.69) is 85.3 Å². The Labute approximate surface area is 190 Å². The zero-order chi connectivity index (χ0) is 21.8. The fraction of sp³-hybridized carbons (Fsp3) is 0.385. The molecule has 0 unspecified atom stereocenters. The zero-order valence-electron chi connectivity index (χ0n) is 18.6. The van der Waals surface area contributed by atoms with Crippen LogP contribution in [-0.4, -0.2) is 49.2 Å². The monoisotopic (exact) mass is 428 g/mol. The number of hydrogen-bond acceptors (Lipinski definition) is 6. The summed E-state index contributed by atoms with van der Waals surface area (Å²) in [5.74, 6) is 2.51. The van der Waals surface area contributed by atoms with Crippen LogP contribution in [-0.2, 0) is 6.42 Å². The van der Waals surface area contributed by atoms with E-state index in [0.717, 1.165) is 68.9 Å². The minimum atomic E-state index is 0.724. The summed E-state index contributed by atoms with van der Waals surface area (Å²) in [7, 11) is 0. The Morgan fingerprint density at radius 2 is 1.22 bits per heavy atom. The molecule has 1 aromatic heterocycles. The summed E-state index contributed by atoms with van der Waals surface area (Å²) in [5, 5.41) is 0. The zero-order valence-corrected chi connectivity index (χ0v) is 18.6. The van der Waals surface area contributed by atoms with Gasteiger partial charge < -0.3 is 20.4 Å². The number of para-hydroxylation sites is 1. The van der Waals surface area contributed by atoms with E-state index < -0.39 is 0 Å². The molecular formula is C26H32N6. The van der Waals surface area contributed by atoms with Gasteiger partial charge in [0.1, 0.15) is 12.0 Å². The maximum atomic E-state index is 6.63. The number of anilines is 4. The maximum absolute atomic E-state index is 6.63. The average molecular weight is 429 g/mol. The second-order valence-electron chi connectivity index (χ2n) is 8.86. The molecule has 166 valence electrons. The van der Waals surface area contributed by atoms with E-state index in [9.17, 15) is 0 Å². The highest BCUT2D eigenvalue weighted by Gasteiger charge is 2.26. The number of piperazine rings is 1. The molecule has 0 aliphatic carbocycles. The molecule has 0 atom stereocenters. The molecule has 2 fully saturated rings. The van der Waals surface area contributed by atoms with Crippen molar-refractivity contribution in [3.05, 3.63) is 72.6 Å². The van der Waals surface area contributed by atoms with Gasteiger partial charge in [-0.3, -0.25) is 0 Å². The Hall–Kier alpha value is -3.28. The molecule has 2 aliphatic heterocycles. The van der Waals surface area contributed by atoms with Crippen LogP contribution in [0.3, 0.4) is 0 Å². The van der Waals surface area contributed by atoms with Crippen molar-refractivity contribution in [2.45, 2.75) is 19.3 Å². The van der Waals surface area contributed by atoms with Gasteiger partial charge in [0.15, 0.2) is 11.6 Å². The molecule has 0 bridgehead atoms. The highest BCUT2D eigenvalue weighted by atomic mass is 15.3. The first-order valence-electron chi connectivity index (χ1n) is 11.7. The molecule has 0 radical (unpaired) electrons. The second-order valence-corrected chi connectivity index (χ2v) is 8.86. The third-order valence-corrected chi connectivity index (χ3v) is 6.82. The van der Waals surface area contributed by atoms with E-state index in [0.29, 0.717) is 0 Å². The van der Waals surface area contributed by atoms with E-state index in [1.54, 1.807) is 6.33 Å². The van der Waals surface area contributed by atoms with Gasteiger partial charge in [-0.1, -0.05) is 48.5 Å². The highest BCUT2D eigenvalue weighted by molar-refractivity contribution is 5.76. The van der Waals surface area contributed by atoms with Crippen molar-refractivity contribution < 1.29 is 0 Å². The van der Waals surface area contributed by atoms with Crippen molar-refractivity contribution in [3.63, 3.8) is 0 Å². The standard InChI is InChI=1S/C26H32N6/c27-24-25(31-13-11-22(12-14-31)19-21-7-3-1-4-8-21)28-20-29-26(24)32-17-15-30(16-18-32)23-9-5-2-6-10-23/h1-10,20,22H,11-19,27H2. The van der Waals surface area contributed by atoms with Crippen LogP contribution in [0.1, 0.15) is 18.4 Å². The Morgan fingerprint density at radius 3 is 1.84 bits per heavy atom. The summed E-state index contributed by atoms with van der Waals surface area (Å²) in [4.78, 5) is 16.2. The molecule has 3 heterocycles. The van der Waals surface area contributed by atoms with Gasteiger partial charge in [-0.2, -0.15) is 0 Å². The van der Waals surface area contributed by atoms with Crippen molar-refractivity contribution >= 4 is 23.0 Å². The fourth-order valence-electron chi connectivity index (χ4n) is 4.99. The van der Waals surface area contributed by atoms with Crippen molar-refractivity contribution in [2.24, 2.45) is 5.92 Å². The van der Waals surface area contributed by atoms with Crippen molar-refractivity contribution in [3.8, 4) is 0 Å². The van der Waals surface area contributed by atoms with E-state index in [-0.39, 0.29) is 0 Å². The van der Waals surface area contributed by atoms with E-state index in [1.165, 1.54) is 24.1 Å². The minimum Gasteiger partial charge on any atom is -0.393 e. The molecule has 2 aromatic carbocycles. The molecule has 32 heavy (non-hydrogen) atoms. The highest BCUT2D eigenvalue weighted by Crippen LogP contribution is 2.33. The lowest BCUT2D eigenvalue weighted by Gasteiger charge is -2.38. The van der Waals surface area contributed by atoms with Gasteiger partial charge in [0.05, 0.1) is 0 Å². The number of benzene rings is 2. The molecule has 6 nitrogen and oxygen atoms in total. The van der Waals surface area contributed by atoms with Crippen LogP contribution in [0, 0.1) is 5.92 Å². The Kier molecular flexibility index (Phi) is 6.10. The SMILES string of the molecule is Nc1c(N2CCC(Cc3ccccc3)CC2)ncnc1N1CCN(c2ccccc2)CC1. The number of piperidine rings is 1. The number of nitrogens with zero attached hydrogens (tertiary/aromatic N) is 5. The lowest BCUT2D eigenvalue weighted by Crippen LogP contribution is -2.47. The van der Waals surface area contributed by atoms with Gasteiger partial charge in [0.25, 0.3) is 0 Å². The molecule has 2 aliphatic rings. The summed E-state index contributed by atoms with van der Waals surface area (Å²) in [6.45, 7) is 5.75. The molecule has 5 rings (SSSR count). The Balaban J connectivity index is 1.21. The first-order chi connectivity index (χ1) is 15.8. The number of aromatic nitrogens is 2. The van der Waals surface area contributed by atoms with Gasteiger partial charge in [-0.25, -0.2) is 9.97 Å². The summed E-state index contributed by atoms with van der Waals surface area (Å²) >= 11 is 0. The largest absolute Gasteiger partial charge is 0.393 e. The lowest BCUT2D eigenvalue weighted by molar-refractivity contribution is 0.402. The van der Waals surface area contributed by atoms with Crippen LogP contribution >= 0.6 is 0 Å². The molecule has 0 amide bonds. The van der Waals surface area contributed by atoms with Gasteiger partial charge in [-0.15, -0.1) is 0 Å². The molecule has 0 spiro atoms. The normalized spacial score (nSPS) is 17.6. The predicted octanol–water partition coefficient (Wildman–Crippen LogP) is 3.84. The van der Waals surface area contributed by atoms with Crippen LogP contribution < -0.4 is 20.4 Å². The molecule has 6 heteroatoms. The predicted molar refractivity (Wildman–Crippen MR) is 132 cm³/mol. The topological polar surface area (TPSA) is 61.5 Å². The summed E-state index contributed by atoms with van der Waals surface area (Å²) in [6, 6.07) is 21.4.